The van der Waals surface area contributed by atoms with Crippen molar-refractivity contribution in [1.82, 2.24) is 4.98 Å². The molecule has 1 aliphatic rings. The number of nitrogens with zero attached hydrogens (tertiary/aromatic N) is 1. The van der Waals surface area contributed by atoms with Gasteiger partial charge in [-0.1, -0.05) is 6.08 Å². The molecule has 108 valence electrons. The summed E-state index contributed by atoms with van der Waals surface area (Å²) in [6.07, 6.45) is 5.29. The Balaban J connectivity index is 2.26. The van der Waals surface area contributed by atoms with Crippen LogP contribution in [0.5, 0.6) is 0 Å². The molecule has 1 N–H and O–H groups in total. The number of aliphatic hydroxyl groups excluding tert-OH is 1. The molecule has 0 atom stereocenters. The molecule has 20 heavy (non-hydrogen) atoms. The van der Waals surface area contributed by atoms with Crippen molar-refractivity contribution in [1.29, 1.82) is 0 Å². The van der Waals surface area contributed by atoms with E-state index in [0.29, 0.717) is 5.47 Å². The third-order valence-corrected chi connectivity index (χ3v) is 4.25. The molecule has 0 radical (unpaired) electrons. The van der Waals surface area contributed by atoms with Crippen LogP contribution in [0.25, 0.3) is 6.08 Å². The first kappa shape index (κ1) is 15.7. The van der Waals surface area contributed by atoms with Crippen LogP contribution in [-0.4, -0.2) is 35.0 Å². The van der Waals surface area contributed by atoms with Crippen molar-refractivity contribution in [3.63, 3.8) is 0 Å². The van der Waals surface area contributed by atoms with Gasteiger partial charge >= 0.3 is 7.12 Å². The van der Waals surface area contributed by atoms with Gasteiger partial charge in [-0.05, 0) is 60.7 Å². The zero-order chi connectivity index (χ0) is 15.0. The monoisotopic (exact) mass is 339 g/mol. The summed E-state index contributed by atoms with van der Waals surface area (Å²) in [5.74, 6) is 0. The van der Waals surface area contributed by atoms with Crippen LogP contribution in [0.3, 0.4) is 0 Å². The second-order valence-corrected chi connectivity index (χ2v) is 6.82. The highest BCUT2D eigenvalue weighted by molar-refractivity contribution is 9.10. The Morgan fingerprint density at radius 2 is 1.90 bits per heavy atom. The highest BCUT2D eigenvalue weighted by Gasteiger charge is 2.52. The first-order valence-corrected chi connectivity index (χ1v) is 7.32. The lowest BCUT2D eigenvalue weighted by Crippen LogP contribution is -2.41. The van der Waals surface area contributed by atoms with E-state index in [1.807, 2.05) is 39.8 Å². The lowest BCUT2D eigenvalue weighted by Gasteiger charge is -2.32. The Hall–Kier alpha value is -0.685. The third kappa shape index (κ3) is 3.14. The maximum atomic E-state index is 9.60. The Kier molecular flexibility index (Phi) is 4.40. The van der Waals surface area contributed by atoms with Gasteiger partial charge in [-0.25, -0.2) is 0 Å². The van der Waals surface area contributed by atoms with Crippen LogP contribution < -0.4 is 0 Å². The van der Waals surface area contributed by atoms with Gasteiger partial charge in [0.1, 0.15) is 0 Å². The van der Waals surface area contributed by atoms with Crippen LogP contribution in [0.2, 0.25) is 0 Å². The van der Waals surface area contributed by atoms with Gasteiger partial charge in [-0.2, -0.15) is 0 Å². The largest absolute Gasteiger partial charge is 0.492 e. The van der Waals surface area contributed by atoms with Crippen LogP contribution in [-0.2, 0) is 9.31 Å². The Morgan fingerprint density at radius 3 is 2.40 bits per heavy atom. The van der Waals surface area contributed by atoms with Crippen LogP contribution >= 0.6 is 15.9 Å². The Bertz CT molecular complexity index is 515. The van der Waals surface area contributed by atoms with Crippen LogP contribution in [0.15, 0.2) is 28.4 Å². The molecule has 0 bridgehead atoms. The summed E-state index contributed by atoms with van der Waals surface area (Å²) in [6, 6.07) is 1.92. The number of halogens is 1. The fraction of sp³-hybridized carbons (Fsp3) is 0.500. The average Bonchev–Trinajstić information content (AvgIpc) is 2.55. The molecular formula is C14H19BBrNO3. The van der Waals surface area contributed by atoms with Gasteiger partial charge in [-0.15, -0.1) is 0 Å². The van der Waals surface area contributed by atoms with E-state index >= 15 is 0 Å². The quantitative estimate of drug-likeness (QED) is 0.860. The summed E-state index contributed by atoms with van der Waals surface area (Å²) in [6.45, 7) is 7.83. The van der Waals surface area contributed by atoms with E-state index in [4.69, 9.17) is 9.31 Å². The first-order valence-electron chi connectivity index (χ1n) is 6.53. The minimum atomic E-state index is -0.538. The number of hydrogen-bond acceptors (Lipinski definition) is 4. The summed E-state index contributed by atoms with van der Waals surface area (Å²) < 4.78 is 12.8. The second-order valence-electron chi connectivity index (χ2n) is 5.90. The minimum Gasteiger partial charge on any atom is -0.400 e. The number of aliphatic hydroxyl groups is 1. The van der Waals surface area contributed by atoms with Crippen molar-refractivity contribution in [3.8, 4) is 0 Å². The molecule has 0 aliphatic carbocycles. The summed E-state index contributed by atoms with van der Waals surface area (Å²) in [7, 11) is -0.538. The molecule has 1 fully saturated rings. The molecule has 0 unspecified atom stereocenters. The van der Waals surface area contributed by atoms with Crippen molar-refractivity contribution in [2.24, 2.45) is 0 Å². The van der Waals surface area contributed by atoms with E-state index in [0.717, 1.165) is 10.0 Å². The van der Waals surface area contributed by atoms with E-state index in [9.17, 15) is 5.11 Å². The van der Waals surface area contributed by atoms with Crippen molar-refractivity contribution in [3.05, 3.63) is 34.0 Å². The van der Waals surface area contributed by atoms with E-state index < -0.39 is 18.3 Å². The number of hydrogen-bond donors (Lipinski definition) is 1. The van der Waals surface area contributed by atoms with Gasteiger partial charge in [0.25, 0.3) is 0 Å². The summed E-state index contributed by atoms with van der Waals surface area (Å²) in [5, 5.41) is 9.60. The number of pyridine rings is 1. The molecule has 0 saturated carbocycles. The van der Waals surface area contributed by atoms with Crippen molar-refractivity contribution in [2.45, 2.75) is 38.9 Å². The summed E-state index contributed by atoms with van der Waals surface area (Å²) in [4.78, 5) is 4.10. The predicted molar refractivity (Wildman–Crippen MR) is 83.1 cm³/mol. The zero-order valence-electron chi connectivity index (χ0n) is 12.2. The van der Waals surface area contributed by atoms with Gasteiger partial charge in [0, 0.05) is 16.9 Å². The average molecular weight is 340 g/mol. The van der Waals surface area contributed by atoms with Crippen LogP contribution in [0.1, 0.15) is 33.3 Å². The van der Waals surface area contributed by atoms with Gasteiger partial charge < -0.3 is 14.4 Å². The fourth-order valence-electron chi connectivity index (χ4n) is 1.90. The number of rotatable bonds is 3. The highest BCUT2D eigenvalue weighted by atomic mass is 79.9. The Morgan fingerprint density at radius 1 is 1.30 bits per heavy atom. The molecule has 1 aliphatic heterocycles. The van der Waals surface area contributed by atoms with E-state index in [2.05, 4.69) is 20.9 Å². The standard InChI is InChI=1S/C14H19BBrNO3/c1-13(2)14(3,4)20-15(19-13)11(9-18)5-10-6-12(16)8-17-7-10/h5-8,18H,9H2,1-4H3. The second kappa shape index (κ2) is 5.60. The molecule has 0 aromatic carbocycles. The van der Waals surface area contributed by atoms with E-state index in [1.165, 1.54) is 0 Å². The van der Waals surface area contributed by atoms with Crippen molar-refractivity contribution >= 4 is 29.1 Å². The van der Waals surface area contributed by atoms with Crippen LogP contribution in [0.4, 0.5) is 0 Å². The van der Waals surface area contributed by atoms with Gasteiger partial charge in [0.05, 0.1) is 17.8 Å². The topological polar surface area (TPSA) is 51.6 Å². The number of aromatic nitrogens is 1. The fourth-order valence-corrected chi connectivity index (χ4v) is 2.29. The lowest BCUT2D eigenvalue weighted by molar-refractivity contribution is 0.00578. The first-order chi connectivity index (χ1) is 9.25. The smallest absolute Gasteiger partial charge is 0.400 e. The minimum absolute atomic E-state index is 0.122. The zero-order valence-corrected chi connectivity index (χ0v) is 13.8. The molecule has 4 nitrogen and oxygen atoms in total. The lowest BCUT2D eigenvalue weighted by atomic mass is 9.77. The summed E-state index contributed by atoms with van der Waals surface area (Å²) in [5.41, 5.74) is 0.741. The molecule has 6 heteroatoms. The van der Waals surface area contributed by atoms with E-state index in [-0.39, 0.29) is 6.61 Å². The van der Waals surface area contributed by atoms with Gasteiger partial charge in [0.2, 0.25) is 0 Å². The van der Waals surface area contributed by atoms with Gasteiger partial charge in [-0.3, -0.25) is 4.98 Å². The summed E-state index contributed by atoms with van der Waals surface area (Å²) >= 11 is 3.38. The molecule has 0 amide bonds. The maximum Gasteiger partial charge on any atom is 0.492 e. The predicted octanol–water partition coefficient (Wildman–Crippen LogP) is 2.85. The highest BCUT2D eigenvalue weighted by Crippen LogP contribution is 2.38. The molecule has 2 rings (SSSR count). The molecule has 1 aromatic rings. The normalized spacial score (nSPS) is 21.3. The van der Waals surface area contributed by atoms with Crippen LogP contribution in [0, 0.1) is 0 Å². The SMILES string of the molecule is CC1(C)OB(C(=Cc2cncc(Br)c2)CO)OC1(C)C. The Labute approximate surface area is 128 Å². The van der Waals surface area contributed by atoms with Crippen molar-refractivity contribution < 1.29 is 14.4 Å². The third-order valence-electron chi connectivity index (χ3n) is 3.82. The van der Waals surface area contributed by atoms with Gasteiger partial charge in [0.15, 0.2) is 0 Å². The molecular weight excluding hydrogens is 321 g/mol. The molecule has 1 aromatic heterocycles. The molecule has 2 heterocycles. The van der Waals surface area contributed by atoms with Crippen molar-refractivity contribution in [2.75, 3.05) is 6.61 Å². The maximum absolute atomic E-state index is 9.60. The molecule has 0 spiro atoms. The van der Waals surface area contributed by atoms with E-state index in [1.54, 1.807) is 12.4 Å². The molecule has 1 saturated heterocycles.